The molecule has 0 bridgehead atoms. The summed E-state index contributed by atoms with van der Waals surface area (Å²) in [5.74, 6) is -0.415. The van der Waals surface area contributed by atoms with E-state index in [9.17, 15) is 27.6 Å². The molecular weight excluding hydrogens is 727 g/mol. The number of hydrogen-bond acceptors (Lipinski definition) is 8. The van der Waals surface area contributed by atoms with Crippen molar-refractivity contribution in [2.24, 2.45) is 5.92 Å². The molecule has 7 rings (SSSR count). The van der Waals surface area contributed by atoms with Crippen molar-refractivity contribution in [2.75, 3.05) is 45.8 Å². The van der Waals surface area contributed by atoms with Gasteiger partial charge >= 0.3 is 12.3 Å². The predicted molar refractivity (Wildman–Crippen MR) is 201 cm³/mol. The third-order valence-electron chi connectivity index (χ3n) is 10.8. The molecule has 298 valence electrons. The topological polar surface area (TPSA) is 142 Å². The van der Waals surface area contributed by atoms with Gasteiger partial charge in [0.15, 0.2) is 5.82 Å². The first-order chi connectivity index (χ1) is 26.4. The zero-order chi connectivity index (χ0) is 40.0. The van der Waals surface area contributed by atoms with Crippen molar-refractivity contribution in [3.8, 4) is 22.3 Å². The van der Waals surface area contributed by atoms with Gasteiger partial charge in [-0.3, -0.25) is 24.3 Å². The van der Waals surface area contributed by atoms with E-state index in [1.807, 2.05) is 67.0 Å². The summed E-state index contributed by atoms with van der Waals surface area (Å²) >= 11 is 0. The summed E-state index contributed by atoms with van der Waals surface area (Å²) in [6, 6.07) is 16.6. The number of carbonyl (C=O) groups excluding carboxylic acids is 3. The first kappa shape index (κ1) is 39.0. The Bertz CT molecular complexity index is 2040. The molecule has 0 radical (unpaired) electrons. The molecule has 2 N–H and O–H groups in total. The summed E-state index contributed by atoms with van der Waals surface area (Å²) in [6.45, 7) is 11.3. The third kappa shape index (κ3) is 8.59. The van der Waals surface area contributed by atoms with Crippen molar-refractivity contribution in [2.45, 2.75) is 76.7 Å². The summed E-state index contributed by atoms with van der Waals surface area (Å²) in [4.78, 5) is 47.6. The molecule has 3 aliphatic rings. The second-order valence-corrected chi connectivity index (χ2v) is 16.5. The minimum Gasteiger partial charge on any atom is -0.444 e. The number of hydrogen-bond donors (Lipinski definition) is 2. The molecule has 0 spiro atoms. The molecule has 2 aromatic heterocycles. The highest BCUT2D eigenvalue weighted by Gasteiger charge is 2.51. The molecule has 4 heterocycles. The molecule has 0 unspecified atom stereocenters. The first-order valence-electron chi connectivity index (χ1n) is 18.9. The number of amides is 3. The molecule has 16 heteroatoms. The van der Waals surface area contributed by atoms with E-state index < -0.39 is 17.2 Å². The fraction of sp³-hybridized carbons (Fsp3) is 0.500. The maximum atomic E-state index is 13.3. The Morgan fingerprint density at radius 1 is 0.857 bits per heavy atom. The molecule has 1 aliphatic carbocycles. The fourth-order valence-corrected chi connectivity index (χ4v) is 7.00. The number of halogens is 3. The fourth-order valence-electron chi connectivity index (χ4n) is 7.00. The Hall–Kier alpha value is -5.25. The quantitative estimate of drug-likeness (QED) is 0.214. The Morgan fingerprint density at radius 2 is 1.45 bits per heavy atom. The van der Waals surface area contributed by atoms with Gasteiger partial charge in [-0.05, 0) is 69.2 Å². The zero-order valence-electron chi connectivity index (χ0n) is 32.3. The number of ether oxygens (including phenoxy) is 1. The van der Waals surface area contributed by atoms with Crippen LogP contribution < -0.4 is 5.32 Å². The van der Waals surface area contributed by atoms with Crippen LogP contribution in [0.1, 0.15) is 70.2 Å². The van der Waals surface area contributed by atoms with Crippen LogP contribution in [0.3, 0.4) is 0 Å². The average molecular weight is 776 g/mol. The molecule has 13 nitrogen and oxygen atoms in total. The van der Waals surface area contributed by atoms with Gasteiger partial charge in [-0.15, -0.1) is 0 Å². The van der Waals surface area contributed by atoms with Gasteiger partial charge in [-0.1, -0.05) is 48.5 Å². The molecule has 3 fully saturated rings. The maximum Gasteiger partial charge on any atom is 0.410 e. The monoisotopic (exact) mass is 775 g/mol. The van der Waals surface area contributed by atoms with Crippen LogP contribution in [0.15, 0.2) is 60.9 Å². The number of carbonyl (C=O) groups is 3. The van der Waals surface area contributed by atoms with E-state index in [1.165, 1.54) is 0 Å². The number of aromatic nitrogens is 5. The highest BCUT2D eigenvalue weighted by atomic mass is 19.4. The first-order valence-corrected chi connectivity index (χ1v) is 18.9. The van der Waals surface area contributed by atoms with Crippen LogP contribution >= 0.6 is 0 Å². The van der Waals surface area contributed by atoms with E-state index in [1.54, 1.807) is 4.90 Å². The van der Waals surface area contributed by atoms with Crippen LogP contribution in [0.25, 0.3) is 22.3 Å². The lowest BCUT2D eigenvalue weighted by Crippen LogP contribution is -2.56. The lowest BCUT2D eigenvalue weighted by molar-refractivity contribution is -0.182. The molecule has 2 aliphatic heterocycles. The molecule has 1 saturated carbocycles. The van der Waals surface area contributed by atoms with Gasteiger partial charge in [0.05, 0.1) is 25.3 Å². The van der Waals surface area contributed by atoms with Crippen LogP contribution in [0.2, 0.25) is 0 Å². The van der Waals surface area contributed by atoms with Gasteiger partial charge in [0.1, 0.15) is 16.8 Å². The molecule has 3 amide bonds. The minimum atomic E-state index is -4.50. The van der Waals surface area contributed by atoms with Crippen molar-refractivity contribution < 1.29 is 32.3 Å². The summed E-state index contributed by atoms with van der Waals surface area (Å²) < 4.78 is 47.4. The van der Waals surface area contributed by atoms with Crippen LogP contribution in [-0.2, 0) is 26.3 Å². The van der Waals surface area contributed by atoms with Gasteiger partial charge < -0.3 is 19.9 Å². The SMILES string of the molecule is CC(C)(C)OC(=O)N1CCN(C(=O)CN2CC(n3cc(-c4ccc(-c5ccc([C@H]6C[C@@H]6C(=O)NCc6nc(C(C)(C)C(F)(F)F)n[nH]6)cc5)cc4)cn3)C2)CC1. The van der Waals surface area contributed by atoms with Gasteiger partial charge in [0.2, 0.25) is 11.8 Å². The van der Waals surface area contributed by atoms with Crippen LogP contribution in [0, 0.1) is 5.92 Å². The van der Waals surface area contributed by atoms with Crippen molar-refractivity contribution >= 4 is 17.9 Å². The van der Waals surface area contributed by atoms with Crippen molar-refractivity contribution in [1.29, 1.82) is 0 Å². The van der Waals surface area contributed by atoms with Gasteiger partial charge in [0, 0.05) is 56.9 Å². The number of nitrogens with one attached hydrogen (secondary N) is 2. The molecule has 4 aromatic rings. The van der Waals surface area contributed by atoms with Gasteiger partial charge in [-0.25, -0.2) is 9.78 Å². The number of benzene rings is 2. The Morgan fingerprint density at radius 3 is 2.05 bits per heavy atom. The second-order valence-electron chi connectivity index (χ2n) is 16.5. The number of likely N-dealkylation sites (tertiary alicyclic amines) is 1. The van der Waals surface area contributed by atoms with E-state index in [0.29, 0.717) is 39.1 Å². The zero-order valence-corrected chi connectivity index (χ0v) is 32.3. The predicted octanol–water partition coefficient (Wildman–Crippen LogP) is 5.53. The molecular formula is C40H48F3N9O4. The van der Waals surface area contributed by atoms with Crippen molar-refractivity contribution in [3.63, 3.8) is 0 Å². The number of rotatable bonds is 10. The molecule has 2 saturated heterocycles. The average Bonchev–Trinajstić information content (AvgIpc) is 3.53. The highest BCUT2D eigenvalue weighted by Crippen LogP contribution is 2.48. The van der Waals surface area contributed by atoms with Gasteiger partial charge in [0.25, 0.3) is 0 Å². The smallest absolute Gasteiger partial charge is 0.410 e. The van der Waals surface area contributed by atoms with E-state index in [0.717, 1.165) is 54.8 Å². The number of aromatic amines is 1. The minimum absolute atomic E-state index is 0.0277. The van der Waals surface area contributed by atoms with Crippen molar-refractivity contribution in [1.82, 2.24) is 45.0 Å². The number of H-pyrrole nitrogens is 1. The largest absolute Gasteiger partial charge is 0.444 e. The Labute approximate surface area is 323 Å². The second kappa shape index (κ2) is 15.0. The van der Waals surface area contributed by atoms with Gasteiger partial charge in [-0.2, -0.15) is 23.4 Å². The normalized spacial score (nSPS) is 19.4. The molecule has 2 aromatic carbocycles. The maximum absolute atomic E-state index is 13.3. The summed E-state index contributed by atoms with van der Waals surface area (Å²) in [6.07, 6.45) is -0.233. The lowest BCUT2D eigenvalue weighted by atomic mass is 9.92. The Kier molecular flexibility index (Phi) is 10.5. The summed E-state index contributed by atoms with van der Waals surface area (Å²) in [5.41, 5.74) is 2.47. The Balaban J connectivity index is 0.843. The number of alkyl halides is 3. The van der Waals surface area contributed by atoms with E-state index in [-0.39, 0.29) is 54.0 Å². The van der Waals surface area contributed by atoms with E-state index in [2.05, 4.69) is 54.8 Å². The van der Waals surface area contributed by atoms with Crippen LogP contribution in [-0.4, -0.2) is 115 Å². The third-order valence-corrected chi connectivity index (χ3v) is 10.8. The summed E-state index contributed by atoms with van der Waals surface area (Å²) in [5, 5.41) is 13.6. The van der Waals surface area contributed by atoms with Crippen LogP contribution in [0.5, 0.6) is 0 Å². The number of nitrogens with zero attached hydrogens (tertiary/aromatic N) is 7. The van der Waals surface area contributed by atoms with Crippen molar-refractivity contribution in [3.05, 3.63) is 78.1 Å². The number of piperazine rings is 1. The standard InChI is InChI=1S/C40H48F3N9O4/c1-38(2,3)56-37(55)51-16-14-50(15-17-51)34(53)24-49-22-30(23-49)52-21-29(19-45-52)27-8-6-25(7-9-27)26-10-12-28(13-11-26)31-18-32(31)35(54)44-20-33-46-36(48-47-33)39(4,5)40(41,42)43/h6-13,19,21,30-32H,14-18,20,22-24H2,1-5H3,(H,44,54)(H,46,47,48)/t31-,32+/m1/s1. The highest BCUT2D eigenvalue weighted by molar-refractivity contribution is 5.83. The van der Waals surface area contributed by atoms with E-state index >= 15 is 0 Å². The van der Waals surface area contributed by atoms with Crippen LogP contribution in [0.4, 0.5) is 18.0 Å². The van der Waals surface area contributed by atoms with E-state index in [4.69, 9.17) is 4.74 Å². The summed E-state index contributed by atoms with van der Waals surface area (Å²) in [7, 11) is 0. The molecule has 56 heavy (non-hydrogen) atoms. The lowest BCUT2D eigenvalue weighted by Gasteiger charge is -2.41. The molecule has 2 atom stereocenters.